The van der Waals surface area contributed by atoms with Crippen molar-refractivity contribution in [3.63, 3.8) is 0 Å². The van der Waals surface area contributed by atoms with Gasteiger partial charge in [0.2, 0.25) is 0 Å². The summed E-state index contributed by atoms with van der Waals surface area (Å²) in [5.74, 6) is -0.0851. The average molecular weight is 433 g/mol. The number of nitrogens with zero attached hydrogens (tertiary/aromatic N) is 2. The predicted octanol–water partition coefficient (Wildman–Crippen LogP) is 2.20. The maximum absolute atomic E-state index is 14.4. The van der Waals surface area contributed by atoms with Crippen molar-refractivity contribution in [2.45, 2.75) is 17.4 Å². The van der Waals surface area contributed by atoms with Gasteiger partial charge in [-0.25, -0.2) is 22.5 Å². The first-order valence-corrected chi connectivity index (χ1v) is 11.0. The van der Waals surface area contributed by atoms with Gasteiger partial charge in [-0.1, -0.05) is 30.3 Å². The third-order valence-corrected chi connectivity index (χ3v) is 5.98. The molecule has 0 saturated heterocycles. The van der Waals surface area contributed by atoms with Crippen molar-refractivity contribution in [3.05, 3.63) is 78.0 Å². The van der Waals surface area contributed by atoms with E-state index >= 15 is 0 Å². The molecule has 1 aromatic heterocycles. The third-order valence-electron chi connectivity index (χ3n) is 4.64. The van der Waals surface area contributed by atoms with E-state index in [4.69, 9.17) is 10.5 Å². The molecule has 7 nitrogen and oxygen atoms in total. The first kappa shape index (κ1) is 21.9. The Kier molecular flexibility index (Phi) is 7.20. The highest BCUT2D eigenvalue weighted by Crippen LogP contribution is 2.26. The lowest BCUT2D eigenvalue weighted by Gasteiger charge is -2.17. The molecular weight excluding hydrogens is 407 g/mol. The van der Waals surface area contributed by atoms with E-state index in [1.807, 2.05) is 30.3 Å². The maximum Gasteiger partial charge on any atom is 0.259 e. The van der Waals surface area contributed by atoms with Crippen LogP contribution in [0.4, 0.5) is 4.39 Å². The van der Waals surface area contributed by atoms with Crippen molar-refractivity contribution in [3.8, 4) is 5.75 Å². The smallest absolute Gasteiger partial charge is 0.259 e. The van der Waals surface area contributed by atoms with E-state index in [0.717, 1.165) is 5.56 Å². The van der Waals surface area contributed by atoms with Crippen molar-refractivity contribution in [2.24, 2.45) is 12.8 Å². The van der Waals surface area contributed by atoms with Crippen LogP contribution in [0.3, 0.4) is 0 Å². The lowest BCUT2D eigenvalue weighted by atomic mass is 9.91. The van der Waals surface area contributed by atoms with Gasteiger partial charge in [0.25, 0.3) is 10.0 Å². The Bertz CT molecular complexity index is 1070. The van der Waals surface area contributed by atoms with Crippen LogP contribution in [0.1, 0.15) is 17.0 Å². The zero-order valence-electron chi connectivity index (χ0n) is 16.7. The van der Waals surface area contributed by atoms with Gasteiger partial charge < -0.3 is 15.0 Å². The second kappa shape index (κ2) is 9.84. The van der Waals surface area contributed by atoms with Crippen LogP contribution in [0.2, 0.25) is 0 Å². The van der Waals surface area contributed by atoms with Gasteiger partial charge in [0, 0.05) is 25.7 Å². The third kappa shape index (κ3) is 5.65. The van der Waals surface area contributed by atoms with E-state index in [2.05, 4.69) is 9.71 Å². The van der Waals surface area contributed by atoms with Crippen LogP contribution in [-0.4, -0.2) is 37.7 Å². The van der Waals surface area contributed by atoms with Gasteiger partial charge in [-0.05, 0) is 42.3 Å². The summed E-state index contributed by atoms with van der Waals surface area (Å²) in [5.41, 5.74) is 7.46. The number of aryl methyl sites for hydroxylation is 1. The molecule has 0 aliphatic carbocycles. The van der Waals surface area contributed by atoms with Crippen molar-refractivity contribution >= 4 is 10.0 Å². The Labute approximate surface area is 175 Å². The topological polar surface area (TPSA) is 99.2 Å². The van der Waals surface area contributed by atoms with E-state index < -0.39 is 10.0 Å². The summed E-state index contributed by atoms with van der Waals surface area (Å²) in [4.78, 5) is 3.83. The highest BCUT2D eigenvalue weighted by atomic mass is 32.2. The number of nitrogens with two attached hydrogens (primary N) is 1. The second-order valence-corrected chi connectivity index (χ2v) is 8.64. The minimum Gasteiger partial charge on any atom is -0.492 e. The number of benzene rings is 2. The van der Waals surface area contributed by atoms with Crippen molar-refractivity contribution in [1.82, 2.24) is 14.3 Å². The Morgan fingerprint density at radius 2 is 2.00 bits per heavy atom. The lowest BCUT2D eigenvalue weighted by molar-refractivity contribution is 0.321. The highest BCUT2D eigenvalue weighted by molar-refractivity contribution is 7.89. The first-order valence-electron chi connectivity index (χ1n) is 9.53. The lowest BCUT2D eigenvalue weighted by Crippen LogP contribution is -2.28. The second-order valence-electron chi connectivity index (χ2n) is 6.93. The van der Waals surface area contributed by atoms with Crippen molar-refractivity contribution in [1.29, 1.82) is 0 Å². The number of aromatic nitrogens is 2. The number of hydrogen-bond donors (Lipinski definition) is 2. The molecule has 160 valence electrons. The minimum atomic E-state index is -3.70. The monoisotopic (exact) mass is 432 g/mol. The van der Waals surface area contributed by atoms with Gasteiger partial charge in [-0.3, -0.25) is 0 Å². The highest BCUT2D eigenvalue weighted by Gasteiger charge is 2.18. The van der Waals surface area contributed by atoms with Gasteiger partial charge in [-0.2, -0.15) is 0 Å². The molecule has 3 N–H and O–H groups in total. The molecule has 3 rings (SSSR count). The van der Waals surface area contributed by atoms with E-state index in [1.165, 1.54) is 24.7 Å². The van der Waals surface area contributed by atoms with Crippen LogP contribution < -0.4 is 15.2 Å². The van der Waals surface area contributed by atoms with E-state index in [1.54, 1.807) is 17.7 Å². The SMILES string of the molecule is Cn1cnc(S(=O)(=O)NCCOc2ccc(F)c(C(CN)Cc3ccccc3)c2)c1. The Hall–Kier alpha value is -2.75. The molecule has 0 saturated carbocycles. The predicted molar refractivity (Wildman–Crippen MR) is 112 cm³/mol. The number of nitrogens with one attached hydrogen (secondary N) is 1. The molecular formula is C21H25FN4O3S. The summed E-state index contributed by atoms with van der Waals surface area (Å²) < 4.78 is 48.3. The molecule has 1 atom stereocenters. The summed E-state index contributed by atoms with van der Waals surface area (Å²) in [7, 11) is -2.01. The quantitative estimate of drug-likeness (QED) is 0.479. The summed E-state index contributed by atoms with van der Waals surface area (Å²) in [6.45, 7) is 0.429. The largest absolute Gasteiger partial charge is 0.492 e. The van der Waals surface area contributed by atoms with Crippen LogP contribution in [0.5, 0.6) is 5.75 Å². The van der Waals surface area contributed by atoms with Crippen LogP contribution in [0, 0.1) is 5.82 Å². The van der Waals surface area contributed by atoms with Crippen LogP contribution in [0.15, 0.2) is 66.1 Å². The van der Waals surface area contributed by atoms with E-state index in [0.29, 0.717) is 24.3 Å². The summed E-state index contributed by atoms with van der Waals surface area (Å²) in [6, 6.07) is 14.2. The number of sulfonamides is 1. The molecule has 0 aliphatic rings. The summed E-state index contributed by atoms with van der Waals surface area (Å²) >= 11 is 0. The molecule has 2 aromatic carbocycles. The van der Waals surface area contributed by atoms with Gasteiger partial charge in [0.15, 0.2) is 5.03 Å². The van der Waals surface area contributed by atoms with Gasteiger partial charge >= 0.3 is 0 Å². The fourth-order valence-electron chi connectivity index (χ4n) is 3.09. The molecule has 1 unspecified atom stereocenters. The van der Waals surface area contributed by atoms with Crippen LogP contribution in [0.25, 0.3) is 0 Å². The maximum atomic E-state index is 14.4. The van der Waals surface area contributed by atoms with Gasteiger partial charge in [0.05, 0.1) is 6.33 Å². The minimum absolute atomic E-state index is 0.0515. The zero-order chi connectivity index (χ0) is 21.6. The summed E-state index contributed by atoms with van der Waals surface area (Å²) in [6.07, 6.45) is 3.44. The van der Waals surface area contributed by atoms with Crippen LogP contribution in [-0.2, 0) is 23.5 Å². The average Bonchev–Trinajstić information content (AvgIpc) is 3.19. The molecule has 0 amide bonds. The normalized spacial score (nSPS) is 12.6. The fourth-order valence-corrected chi connectivity index (χ4v) is 4.08. The molecule has 3 aromatic rings. The number of rotatable bonds is 10. The standard InChI is InChI=1S/C21H25FN4O3S/c1-26-14-21(24-15-26)30(27,28)25-9-10-29-18-7-8-20(22)19(12-18)17(13-23)11-16-5-3-2-4-6-16/h2-8,12,14-15,17,25H,9-11,13,23H2,1H3. The number of ether oxygens (including phenoxy) is 1. The summed E-state index contributed by atoms with van der Waals surface area (Å²) in [5, 5.41) is -0.0548. The van der Waals surface area contributed by atoms with Crippen LogP contribution >= 0.6 is 0 Å². The molecule has 9 heteroatoms. The molecule has 0 bridgehead atoms. The number of hydrogen-bond acceptors (Lipinski definition) is 5. The Morgan fingerprint density at radius 1 is 1.23 bits per heavy atom. The Balaban J connectivity index is 1.60. The molecule has 0 aliphatic heterocycles. The molecule has 0 radical (unpaired) electrons. The first-order chi connectivity index (χ1) is 14.4. The number of imidazole rings is 1. The van der Waals surface area contributed by atoms with Gasteiger partial charge in [0.1, 0.15) is 18.2 Å². The van der Waals surface area contributed by atoms with E-state index in [9.17, 15) is 12.8 Å². The van der Waals surface area contributed by atoms with Crippen molar-refractivity contribution in [2.75, 3.05) is 19.7 Å². The molecule has 30 heavy (non-hydrogen) atoms. The molecule has 0 fully saturated rings. The van der Waals surface area contributed by atoms with E-state index in [-0.39, 0.29) is 29.9 Å². The fraction of sp³-hybridized carbons (Fsp3) is 0.286. The van der Waals surface area contributed by atoms with Crippen molar-refractivity contribution < 1.29 is 17.5 Å². The van der Waals surface area contributed by atoms with Gasteiger partial charge in [-0.15, -0.1) is 0 Å². The molecule has 0 spiro atoms. The number of halogens is 1. The zero-order valence-corrected chi connectivity index (χ0v) is 17.5. The Morgan fingerprint density at radius 3 is 2.67 bits per heavy atom. The molecule has 1 heterocycles.